The molecule has 3 nitrogen and oxygen atoms in total. The maximum absolute atomic E-state index is 9.45. The molecule has 4 heteroatoms. The molecule has 1 atom stereocenters. The zero-order valence-corrected chi connectivity index (χ0v) is 21.2. The van der Waals surface area contributed by atoms with Gasteiger partial charge < -0.3 is 10.6 Å². The van der Waals surface area contributed by atoms with E-state index in [0.29, 0.717) is 12.5 Å². The van der Waals surface area contributed by atoms with Gasteiger partial charge in [-0.1, -0.05) is 95.2 Å². The largest absolute Gasteiger partial charge is 0.359 e. The number of carbonyl (C=O) groups is 1. The lowest BCUT2D eigenvalue weighted by atomic mass is 10.0. The van der Waals surface area contributed by atoms with Gasteiger partial charge in [-0.25, -0.2) is 0 Å². The van der Waals surface area contributed by atoms with Crippen LogP contribution in [0.5, 0.6) is 0 Å². The van der Waals surface area contributed by atoms with E-state index in [0.717, 1.165) is 31.8 Å². The average molecular weight is 447 g/mol. The molecule has 2 N–H and O–H groups in total. The molecule has 0 aromatic heterocycles. The third-order valence-corrected chi connectivity index (χ3v) is 6.96. The summed E-state index contributed by atoms with van der Waals surface area (Å²) in [6.07, 6.45) is 15.4. The number of hydrogen-bond donors (Lipinski definition) is 2. The van der Waals surface area contributed by atoms with E-state index in [-0.39, 0.29) is 0 Å². The predicted molar refractivity (Wildman–Crippen MR) is 139 cm³/mol. The van der Waals surface area contributed by atoms with Gasteiger partial charge in [-0.05, 0) is 42.6 Å². The van der Waals surface area contributed by atoms with E-state index in [1.807, 2.05) is 18.7 Å². The molecule has 1 unspecified atom stereocenters. The molecule has 1 aliphatic heterocycles. The molecule has 1 aromatic rings. The number of rotatable bonds is 10. The molecule has 0 saturated heterocycles. The van der Waals surface area contributed by atoms with Crippen LogP contribution in [0.3, 0.4) is 0 Å². The lowest BCUT2D eigenvalue weighted by molar-refractivity contribution is -0.109. The van der Waals surface area contributed by atoms with Gasteiger partial charge in [0.25, 0.3) is 0 Å². The maximum Gasteiger partial charge on any atom is 0.207 e. The summed E-state index contributed by atoms with van der Waals surface area (Å²) in [7, 11) is 0. The third kappa shape index (κ3) is 13.0. The summed E-state index contributed by atoms with van der Waals surface area (Å²) in [6.45, 7) is 10.5. The van der Waals surface area contributed by atoms with Gasteiger partial charge in [-0.15, -0.1) is 11.8 Å². The quantitative estimate of drug-likeness (QED) is 0.295. The lowest BCUT2D eigenvalue weighted by Gasteiger charge is -2.18. The molecule has 1 saturated carbocycles. The minimum absolute atomic E-state index is 0.484. The summed E-state index contributed by atoms with van der Waals surface area (Å²) in [5, 5.41) is 6.18. The summed E-state index contributed by atoms with van der Waals surface area (Å²) in [6, 6.07) is 9.36. The van der Waals surface area contributed by atoms with Crippen LogP contribution in [0.15, 0.2) is 35.2 Å². The molecule has 1 fully saturated rings. The molecular weight excluding hydrogens is 400 g/mol. The topological polar surface area (TPSA) is 41.1 Å². The standard InChI is InChI=1S/C15H21NS.C8H16.C4H9NO/c1-3-15(13-8-6-12(2)7-9-13)16-11-14-5-4-10-17-14;1-2-5-8-6-3-4-7-8;1-2-3-5-4-6/h5-9,15-16H,3-4,10-11H2,1-2H3;8H,2-7H2,1H3;4H,2-3H2,1H3,(H,5,6). The first kappa shape index (κ1) is 27.8. The Morgan fingerprint density at radius 1 is 1.10 bits per heavy atom. The maximum atomic E-state index is 9.45. The van der Waals surface area contributed by atoms with Crippen LogP contribution in [0.1, 0.15) is 95.7 Å². The van der Waals surface area contributed by atoms with Crippen LogP contribution in [0.25, 0.3) is 0 Å². The number of allylic oxidation sites excluding steroid dienone is 1. The minimum atomic E-state index is 0.484. The summed E-state index contributed by atoms with van der Waals surface area (Å²) in [5.41, 5.74) is 2.74. The highest BCUT2D eigenvalue weighted by Crippen LogP contribution is 2.28. The second-order valence-electron chi connectivity index (χ2n) is 8.57. The molecule has 1 aliphatic carbocycles. The highest BCUT2D eigenvalue weighted by atomic mass is 32.2. The zero-order valence-electron chi connectivity index (χ0n) is 20.4. The summed E-state index contributed by atoms with van der Waals surface area (Å²) < 4.78 is 0. The van der Waals surface area contributed by atoms with E-state index in [2.05, 4.69) is 61.7 Å². The van der Waals surface area contributed by atoms with Crippen molar-refractivity contribution in [2.24, 2.45) is 5.92 Å². The smallest absolute Gasteiger partial charge is 0.207 e. The van der Waals surface area contributed by atoms with Crippen molar-refractivity contribution in [1.29, 1.82) is 0 Å². The predicted octanol–water partition coefficient (Wildman–Crippen LogP) is 7.18. The fraction of sp³-hybridized carbons (Fsp3) is 0.667. The molecule has 0 bridgehead atoms. The van der Waals surface area contributed by atoms with E-state index in [1.165, 1.54) is 66.7 Å². The Balaban J connectivity index is 0.000000284. The van der Waals surface area contributed by atoms with Crippen molar-refractivity contribution in [3.63, 3.8) is 0 Å². The number of thioether (sulfide) groups is 1. The molecule has 0 radical (unpaired) electrons. The Hall–Kier alpha value is -1.26. The molecule has 1 amide bonds. The Kier molecular flexibility index (Phi) is 16.4. The van der Waals surface area contributed by atoms with Crippen molar-refractivity contribution in [2.75, 3.05) is 18.8 Å². The van der Waals surface area contributed by atoms with Gasteiger partial charge in [0.15, 0.2) is 0 Å². The normalized spacial score (nSPS) is 16.5. The third-order valence-electron chi connectivity index (χ3n) is 5.84. The Bertz CT molecular complexity index is 594. The Morgan fingerprint density at radius 2 is 1.81 bits per heavy atom. The first-order valence-electron chi connectivity index (χ1n) is 12.4. The van der Waals surface area contributed by atoms with Gasteiger partial charge in [0.1, 0.15) is 0 Å². The average Bonchev–Trinajstić information content (AvgIpc) is 3.49. The fourth-order valence-electron chi connectivity index (χ4n) is 4.02. The van der Waals surface area contributed by atoms with Gasteiger partial charge in [-0.2, -0.15) is 0 Å². The molecule has 31 heavy (non-hydrogen) atoms. The van der Waals surface area contributed by atoms with Gasteiger partial charge >= 0.3 is 0 Å². The molecule has 0 spiro atoms. The first-order valence-corrected chi connectivity index (χ1v) is 13.4. The van der Waals surface area contributed by atoms with Crippen LogP contribution in [0.2, 0.25) is 0 Å². The van der Waals surface area contributed by atoms with Gasteiger partial charge in [0.2, 0.25) is 6.41 Å². The fourth-order valence-corrected chi connectivity index (χ4v) is 4.94. The highest BCUT2D eigenvalue weighted by Gasteiger charge is 2.12. The van der Waals surface area contributed by atoms with Crippen LogP contribution in [-0.2, 0) is 4.79 Å². The Labute approximate surface area is 196 Å². The lowest BCUT2D eigenvalue weighted by Crippen LogP contribution is -2.22. The van der Waals surface area contributed by atoms with E-state index in [4.69, 9.17) is 0 Å². The van der Waals surface area contributed by atoms with Crippen molar-refractivity contribution in [1.82, 2.24) is 10.6 Å². The van der Waals surface area contributed by atoms with Crippen molar-refractivity contribution < 1.29 is 4.79 Å². The number of nitrogens with one attached hydrogen (secondary N) is 2. The second-order valence-corrected chi connectivity index (χ2v) is 9.79. The zero-order chi connectivity index (χ0) is 22.7. The first-order chi connectivity index (χ1) is 15.1. The monoisotopic (exact) mass is 446 g/mol. The summed E-state index contributed by atoms with van der Waals surface area (Å²) in [4.78, 5) is 11.0. The number of amides is 1. The van der Waals surface area contributed by atoms with Crippen LogP contribution >= 0.6 is 11.8 Å². The summed E-state index contributed by atoms with van der Waals surface area (Å²) >= 11 is 1.99. The minimum Gasteiger partial charge on any atom is -0.359 e. The van der Waals surface area contributed by atoms with Crippen LogP contribution in [0.4, 0.5) is 0 Å². The van der Waals surface area contributed by atoms with Crippen molar-refractivity contribution in [3.8, 4) is 0 Å². The number of carbonyl (C=O) groups excluding carboxylic acids is 1. The van der Waals surface area contributed by atoms with Gasteiger partial charge in [-0.3, -0.25) is 4.79 Å². The molecule has 1 heterocycles. The molecular formula is C27H46N2OS. The highest BCUT2D eigenvalue weighted by molar-refractivity contribution is 8.03. The van der Waals surface area contributed by atoms with Crippen LogP contribution in [-0.4, -0.2) is 25.3 Å². The van der Waals surface area contributed by atoms with Crippen LogP contribution in [0, 0.1) is 12.8 Å². The van der Waals surface area contributed by atoms with E-state index < -0.39 is 0 Å². The number of aryl methyl sites for hydroxylation is 1. The van der Waals surface area contributed by atoms with E-state index in [1.54, 1.807) is 0 Å². The molecule has 3 rings (SSSR count). The second kappa shape index (κ2) is 18.3. The van der Waals surface area contributed by atoms with Crippen molar-refractivity contribution in [3.05, 3.63) is 46.4 Å². The van der Waals surface area contributed by atoms with Crippen molar-refractivity contribution >= 4 is 18.2 Å². The summed E-state index contributed by atoms with van der Waals surface area (Å²) in [5.74, 6) is 2.37. The van der Waals surface area contributed by atoms with Gasteiger partial charge in [0.05, 0.1) is 0 Å². The van der Waals surface area contributed by atoms with Crippen molar-refractivity contribution in [2.45, 2.75) is 91.5 Å². The molecule has 2 aliphatic rings. The van der Waals surface area contributed by atoms with E-state index >= 15 is 0 Å². The Morgan fingerprint density at radius 3 is 2.29 bits per heavy atom. The number of benzene rings is 1. The molecule has 1 aromatic carbocycles. The molecule has 176 valence electrons. The van der Waals surface area contributed by atoms with E-state index in [9.17, 15) is 4.79 Å². The van der Waals surface area contributed by atoms with Crippen LogP contribution < -0.4 is 10.6 Å². The van der Waals surface area contributed by atoms with Gasteiger partial charge in [0, 0.05) is 24.9 Å². The SMILES string of the molecule is CCC(NCC1=CCCS1)c1ccc(C)cc1.CCCC1CCCC1.CCCNC=O. The number of hydrogen-bond acceptors (Lipinski definition) is 3.